The molecule has 0 saturated carbocycles. The van der Waals surface area contributed by atoms with Crippen LogP contribution in [0.2, 0.25) is 0 Å². The fraction of sp³-hybridized carbons (Fsp3) is 0.333. The number of piperidine rings is 1. The van der Waals surface area contributed by atoms with Gasteiger partial charge in [0.1, 0.15) is 0 Å². The number of hydrogen-bond acceptors (Lipinski definition) is 2. The van der Waals surface area contributed by atoms with Gasteiger partial charge in [-0.25, -0.2) is 8.42 Å². The molecule has 0 amide bonds. The molecular weight excluding hydrogens is 330 g/mol. The van der Waals surface area contributed by atoms with Crippen LogP contribution in [0.3, 0.4) is 0 Å². The summed E-state index contributed by atoms with van der Waals surface area (Å²) in [7, 11) is -3.47. The summed E-state index contributed by atoms with van der Waals surface area (Å²) < 4.78 is 27.9. The molecule has 0 unspecified atom stereocenters. The van der Waals surface area contributed by atoms with Crippen molar-refractivity contribution in [2.24, 2.45) is 0 Å². The van der Waals surface area contributed by atoms with Crippen LogP contribution in [0, 0.1) is 6.92 Å². The molecule has 4 heteroatoms. The first-order valence-corrected chi connectivity index (χ1v) is 10.2. The van der Waals surface area contributed by atoms with Gasteiger partial charge in [-0.3, -0.25) is 0 Å². The molecule has 3 rings (SSSR count). The number of rotatable bonds is 5. The lowest BCUT2D eigenvalue weighted by Gasteiger charge is -2.38. The van der Waals surface area contributed by atoms with Crippen LogP contribution in [0.5, 0.6) is 0 Å². The van der Waals surface area contributed by atoms with Crippen LogP contribution < -0.4 is 0 Å². The molecule has 1 heterocycles. The Kier molecular flexibility index (Phi) is 5.40. The highest BCUT2D eigenvalue weighted by Crippen LogP contribution is 2.35. The van der Waals surface area contributed by atoms with Gasteiger partial charge in [-0.05, 0) is 49.8 Å². The average Bonchev–Trinajstić information content (AvgIpc) is 2.63. The smallest absolute Gasteiger partial charge is 0.207 e. The van der Waals surface area contributed by atoms with Crippen molar-refractivity contribution in [3.63, 3.8) is 0 Å². The third-order valence-corrected chi connectivity index (χ3v) is 6.97. The van der Waals surface area contributed by atoms with Gasteiger partial charge in [-0.15, -0.1) is 6.58 Å². The van der Waals surface area contributed by atoms with Gasteiger partial charge in [-0.1, -0.05) is 54.1 Å². The van der Waals surface area contributed by atoms with Gasteiger partial charge >= 0.3 is 0 Å². The van der Waals surface area contributed by atoms with E-state index in [1.807, 2.05) is 43.3 Å². The summed E-state index contributed by atoms with van der Waals surface area (Å²) in [5.41, 5.74) is 2.35. The Bertz CT molecular complexity index is 813. The summed E-state index contributed by atoms with van der Waals surface area (Å²) in [5, 5.41) is 0. The molecular formula is C21H25NO2S. The monoisotopic (exact) mass is 355 g/mol. The molecule has 1 saturated heterocycles. The highest BCUT2D eigenvalue weighted by Gasteiger charge is 2.36. The zero-order valence-electron chi connectivity index (χ0n) is 14.6. The van der Waals surface area contributed by atoms with Crippen molar-refractivity contribution in [3.8, 4) is 0 Å². The lowest BCUT2D eigenvalue weighted by molar-refractivity contribution is 0.232. The Balaban J connectivity index is 1.86. The minimum atomic E-state index is -3.47. The van der Waals surface area contributed by atoms with E-state index >= 15 is 0 Å². The Labute approximate surface area is 151 Å². The van der Waals surface area contributed by atoms with Gasteiger partial charge in [-0.2, -0.15) is 4.31 Å². The fourth-order valence-corrected chi connectivity index (χ4v) is 5.29. The second kappa shape index (κ2) is 7.54. The Morgan fingerprint density at radius 3 is 2.44 bits per heavy atom. The van der Waals surface area contributed by atoms with Crippen LogP contribution >= 0.6 is 0 Å². The first kappa shape index (κ1) is 17.9. The largest absolute Gasteiger partial charge is 0.243 e. The van der Waals surface area contributed by atoms with Gasteiger partial charge in [0.15, 0.2) is 0 Å². The van der Waals surface area contributed by atoms with Crippen molar-refractivity contribution >= 4 is 10.0 Å². The lowest BCUT2D eigenvalue weighted by Crippen LogP contribution is -2.45. The second-order valence-corrected chi connectivity index (χ2v) is 8.63. The van der Waals surface area contributed by atoms with Gasteiger partial charge in [0, 0.05) is 12.6 Å². The maximum atomic E-state index is 13.1. The summed E-state index contributed by atoms with van der Waals surface area (Å²) >= 11 is 0. The van der Waals surface area contributed by atoms with E-state index in [2.05, 4.69) is 18.7 Å². The summed E-state index contributed by atoms with van der Waals surface area (Å²) in [6.07, 6.45) is 4.19. The number of hydrogen-bond donors (Lipinski definition) is 0. The fourth-order valence-electron chi connectivity index (χ4n) is 3.63. The Morgan fingerprint density at radius 1 is 1.12 bits per heavy atom. The molecule has 1 aliphatic heterocycles. The van der Waals surface area contributed by atoms with Crippen molar-refractivity contribution in [2.75, 3.05) is 6.54 Å². The number of benzene rings is 2. The summed E-state index contributed by atoms with van der Waals surface area (Å²) in [5.74, 6) is 0.399. The molecule has 132 valence electrons. The van der Waals surface area contributed by atoms with Gasteiger partial charge < -0.3 is 0 Å². The zero-order valence-corrected chi connectivity index (χ0v) is 15.5. The third-order valence-electron chi connectivity index (χ3n) is 5.00. The first-order chi connectivity index (χ1) is 12.0. The topological polar surface area (TPSA) is 37.4 Å². The molecule has 0 radical (unpaired) electrons. The predicted octanol–water partition coefficient (Wildman–Crippen LogP) is 4.51. The van der Waals surface area contributed by atoms with E-state index < -0.39 is 10.0 Å². The molecule has 0 N–H and O–H groups in total. The standard InChI is InChI=1S/C21H25NO2S/c1-3-7-20-16-19(18-8-5-4-6-9-18)14-15-22(20)25(23,24)21-12-10-17(2)11-13-21/h3-6,8-13,19-20H,1,7,14-16H2,2H3/t19-,20+/m1/s1. The zero-order chi connectivity index (χ0) is 17.9. The van der Waals surface area contributed by atoms with Crippen LogP contribution in [0.15, 0.2) is 72.1 Å². The molecule has 0 aromatic heterocycles. The lowest BCUT2D eigenvalue weighted by atomic mass is 9.85. The third kappa shape index (κ3) is 3.86. The highest BCUT2D eigenvalue weighted by molar-refractivity contribution is 7.89. The Hall–Kier alpha value is -1.91. The van der Waals surface area contributed by atoms with Crippen LogP contribution in [-0.2, 0) is 10.0 Å². The maximum absolute atomic E-state index is 13.1. The van der Waals surface area contributed by atoms with E-state index in [0.29, 0.717) is 23.8 Å². The summed E-state index contributed by atoms with van der Waals surface area (Å²) in [4.78, 5) is 0.380. The SMILES string of the molecule is C=CC[C@H]1C[C@H](c2ccccc2)CCN1S(=O)(=O)c1ccc(C)cc1. The molecule has 1 fully saturated rings. The van der Waals surface area contributed by atoms with Gasteiger partial charge in [0.25, 0.3) is 0 Å². The minimum absolute atomic E-state index is 0.0391. The average molecular weight is 356 g/mol. The quantitative estimate of drug-likeness (QED) is 0.740. The van der Waals surface area contributed by atoms with Gasteiger partial charge in [0.05, 0.1) is 4.90 Å². The van der Waals surface area contributed by atoms with E-state index in [0.717, 1.165) is 18.4 Å². The van der Waals surface area contributed by atoms with E-state index in [4.69, 9.17) is 0 Å². The van der Waals surface area contributed by atoms with Gasteiger partial charge in [0.2, 0.25) is 10.0 Å². The molecule has 1 aliphatic rings. The molecule has 0 aliphatic carbocycles. The van der Waals surface area contributed by atoms with E-state index in [1.165, 1.54) is 5.56 Å². The molecule has 2 aromatic rings. The molecule has 2 aromatic carbocycles. The number of sulfonamides is 1. The summed E-state index contributed by atoms with van der Waals surface area (Å²) in [6, 6.07) is 17.5. The van der Waals surface area contributed by atoms with Crippen molar-refractivity contribution in [1.82, 2.24) is 4.31 Å². The molecule has 25 heavy (non-hydrogen) atoms. The molecule has 0 bridgehead atoms. The second-order valence-electron chi connectivity index (χ2n) is 6.74. The number of aryl methyl sites for hydroxylation is 1. The molecule has 2 atom stereocenters. The van der Waals surface area contributed by atoms with E-state index in [9.17, 15) is 8.42 Å². The normalized spacial score (nSPS) is 21.8. The van der Waals surface area contributed by atoms with E-state index in [-0.39, 0.29) is 6.04 Å². The van der Waals surface area contributed by atoms with Crippen molar-refractivity contribution in [1.29, 1.82) is 0 Å². The van der Waals surface area contributed by atoms with Crippen LogP contribution in [0.25, 0.3) is 0 Å². The summed E-state index contributed by atoms with van der Waals surface area (Å²) in [6.45, 7) is 6.34. The number of nitrogens with zero attached hydrogens (tertiary/aromatic N) is 1. The van der Waals surface area contributed by atoms with E-state index in [1.54, 1.807) is 16.4 Å². The minimum Gasteiger partial charge on any atom is -0.207 e. The molecule has 3 nitrogen and oxygen atoms in total. The highest BCUT2D eigenvalue weighted by atomic mass is 32.2. The van der Waals surface area contributed by atoms with Crippen molar-refractivity contribution in [3.05, 3.63) is 78.4 Å². The molecule has 0 spiro atoms. The van der Waals surface area contributed by atoms with Crippen molar-refractivity contribution < 1.29 is 8.42 Å². The first-order valence-electron chi connectivity index (χ1n) is 8.76. The Morgan fingerprint density at radius 2 is 1.80 bits per heavy atom. The van der Waals surface area contributed by atoms with Crippen LogP contribution in [0.4, 0.5) is 0 Å². The van der Waals surface area contributed by atoms with Crippen molar-refractivity contribution in [2.45, 2.75) is 43.0 Å². The predicted molar refractivity (Wildman–Crippen MR) is 102 cm³/mol. The maximum Gasteiger partial charge on any atom is 0.243 e. The van der Waals surface area contributed by atoms with Crippen LogP contribution in [-0.4, -0.2) is 25.3 Å². The van der Waals surface area contributed by atoms with Crippen LogP contribution in [0.1, 0.15) is 36.3 Å².